The van der Waals surface area contributed by atoms with Gasteiger partial charge < -0.3 is 10.1 Å². The second-order valence-corrected chi connectivity index (χ2v) is 1.72. The Morgan fingerprint density at radius 3 is 3.12 bits per heavy atom. The first-order chi connectivity index (χ1) is 3.93. The lowest BCUT2D eigenvalue weighted by Gasteiger charge is -2.09. The van der Waals surface area contributed by atoms with Crippen molar-refractivity contribution < 1.29 is 4.79 Å². The van der Waals surface area contributed by atoms with E-state index in [1.807, 2.05) is 0 Å². The molecular formula is C5H8N2O. The average molecular weight is 112 g/mol. The lowest BCUT2D eigenvalue weighted by atomic mass is 10.2. The Bertz CT molecular complexity index is 111. The van der Waals surface area contributed by atoms with E-state index in [1.54, 1.807) is 6.34 Å². The summed E-state index contributed by atoms with van der Waals surface area (Å²) in [5, 5.41) is 2.90. The molecule has 0 amide bonds. The van der Waals surface area contributed by atoms with E-state index >= 15 is 0 Å². The minimum Gasteiger partial charge on any atom is -0.376 e. The third-order valence-corrected chi connectivity index (χ3v) is 1.10. The van der Waals surface area contributed by atoms with Gasteiger partial charge in [0.2, 0.25) is 0 Å². The minimum absolute atomic E-state index is 0.0868. The number of aldehydes is 1. The summed E-state index contributed by atoms with van der Waals surface area (Å²) in [6.07, 6.45) is 3.29. The fraction of sp³-hybridized carbons (Fsp3) is 0.600. The van der Waals surface area contributed by atoms with E-state index in [9.17, 15) is 4.79 Å². The fourth-order valence-electron chi connectivity index (χ4n) is 0.622. The van der Waals surface area contributed by atoms with Gasteiger partial charge in [0.25, 0.3) is 0 Å². The minimum atomic E-state index is -0.0868. The number of carbonyl (C=O) groups is 1. The van der Waals surface area contributed by atoms with Crippen molar-refractivity contribution >= 4 is 12.6 Å². The van der Waals surface area contributed by atoms with Gasteiger partial charge in [0, 0.05) is 6.54 Å². The summed E-state index contributed by atoms with van der Waals surface area (Å²) >= 11 is 0. The zero-order valence-corrected chi connectivity index (χ0v) is 4.50. The van der Waals surface area contributed by atoms with E-state index in [4.69, 9.17) is 0 Å². The predicted molar refractivity (Wildman–Crippen MR) is 31.0 cm³/mol. The molecule has 0 saturated heterocycles. The first-order valence-electron chi connectivity index (χ1n) is 2.64. The maximum atomic E-state index is 10.0. The highest BCUT2D eigenvalue weighted by atomic mass is 16.1. The molecule has 8 heavy (non-hydrogen) atoms. The van der Waals surface area contributed by atoms with Crippen molar-refractivity contribution in [1.82, 2.24) is 5.32 Å². The Hall–Kier alpha value is -0.860. The van der Waals surface area contributed by atoms with Gasteiger partial charge in [-0.2, -0.15) is 0 Å². The van der Waals surface area contributed by atoms with Crippen LogP contribution in [0.15, 0.2) is 4.99 Å². The molecule has 0 radical (unpaired) electrons. The van der Waals surface area contributed by atoms with E-state index in [0.717, 1.165) is 19.3 Å². The van der Waals surface area contributed by atoms with E-state index < -0.39 is 0 Å². The second kappa shape index (κ2) is 2.45. The molecule has 1 atom stereocenters. The van der Waals surface area contributed by atoms with Crippen LogP contribution in [0.2, 0.25) is 0 Å². The molecule has 3 nitrogen and oxygen atoms in total. The van der Waals surface area contributed by atoms with Crippen LogP contribution in [0, 0.1) is 0 Å². The molecule has 0 aromatic heterocycles. The van der Waals surface area contributed by atoms with Crippen LogP contribution in [0.1, 0.15) is 6.42 Å². The highest BCUT2D eigenvalue weighted by Gasteiger charge is 2.04. The maximum Gasteiger partial charge on any atom is 0.144 e. The molecule has 0 bridgehead atoms. The third kappa shape index (κ3) is 1.05. The highest BCUT2D eigenvalue weighted by molar-refractivity contribution is 5.65. The van der Waals surface area contributed by atoms with Gasteiger partial charge in [-0.05, 0) is 6.42 Å². The molecule has 1 unspecified atom stereocenters. The van der Waals surface area contributed by atoms with E-state index in [2.05, 4.69) is 10.3 Å². The summed E-state index contributed by atoms with van der Waals surface area (Å²) in [4.78, 5) is 13.9. The van der Waals surface area contributed by atoms with Gasteiger partial charge in [-0.1, -0.05) is 0 Å². The molecule has 1 heterocycles. The fourth-order valence-corrected chi connectivity index (χ4v) is 0.622. The quantitative estimate of drug-likeness (QED) is 0.468. The molecule has 1 aliphatic heterocycles. The highest BCUT2D eigenvalue weighted by Crippen LogP contribution is 1.94. The SMILES string of the molecule is O=CC1CCNC=N1. The smallest absolute Gasteiger partial charge is 0.144 e. The Morgan fingerprint density at radius 1 is 1.88 bits per heavy atom. The van der Waals surface area contributed by atoms with Crippen molar-refractivity contribution in [1.29, 1.82) is 0 Å². The van der Waals surface area contributed by atoms with Crippen LogP contribution >= 0.6 is 0 Å². The third-order valence-electron chi connectivity index (χ3n) is 1.10. The number of nitrogens with one attached hydrogen (secondary N) is 1. The number of nitrogens with zero attached hydrogens (tertiary/aromatic N) is 1. The standard InChI is InChI=1S/C5H8N2O/c8-3-5-1-2-6-4-7-5/h3-5H,1-2H2,(H,6,7). The largest absolute Gasteiger partial charge is 0.376 e. The molecule has 1 aliphatic rings. The summed E-state index contributed by atoms with van der Waals surface area (Å²) in [5.41, 5.74) is 0. The van der Waals surface area contributed by atoms with Crippen molar-refractivity contribution in [3.8, 4) is 0 Å². The number of rotatable bonds is 1. The van der Waals surface area contributed by atoms with Crippen LogP contribution in [0.4, 0.5) is 0 Å². The van der Waals surface area contributed by atoms with Gasteiger partial charge >= 0.3 is 0 Å². The van der Waals surface area contributed by atoms with Crippen molar-refractivity contribution in [2.24, 2.45) is 4.99 Å². The zero-order valence-electron chi connectivity index (χ0n) is 4.50. The van der Waals surface area contributed by atoms with Gasteiger partial charge in [-0.15, -0.1) is 0 Å². The average Bonchev–Trinajstić information content (AvgIpc) is 1.90. The van der Waals surface area contributed by atoms with Crippen LogP contribution in [0.3, 0.4) is 0 Å². The first-order valence-corrected chi connectivity index (χ1v) is 2.64. The summed E-state index contributed by atoms with van der Waals surface area (Å²) in [6, 6.07) is -0.0868. The monoisotopic (exact) mass is 112 g/mol. The first kappa shape index (κ1) is 5.28. The van der Waals surface area contributed by atoms with Gasteiger partial charge in [-0.3, -0.25) is 4.99 Å². The van der Waals surface area contributed by atoms with Crippen LogP contribution in [0.5, 0.6) is 0 Å². The van der Waals surface area contributed by atoms with Gasteiger partial charge in [0.1, 0.15) is 12.3 Å². The molecule has 0 spiro atoms. The van der Waals surface area contributed by atoms with Crippen LogP contribution < -0.4 is 5.32 Å². The molecule has 0 saturated carbocycles. The summed E-state index contributed by atoms with van der Waals surface area (Å²) < 4.78 is 0. The number of aliphatic imine (C=N–C) groups is 1. The molecule has 44 valence electrons. The van der Waals surface area contributed by atoms with Crippen molar-refractivity contribution in [2.75, 3.05) is 6.54 Å². The van der Waals surface area contributed by atoms with Crippen LogP contribution in [-0.4, -0.2) is 25.2 Å². The molecule has 0 fully saturated rings. The lowest BCUT2D eigenvalue weighted by molar-refractivity contribution is -0.109. The molecule has 3 heteroatoms. The lowest BCUT2D eigenvalue weighted by Crippen LogP contribution is -2.25. The zero-order chi connectivity index (χ0) is 5.82. The molecule has 0 aromatic rings. The second-order valence-electron chi connectivity index (χ2n) is 1.72. The topological polar surface area (TPSA) is 41.5 Å². The predicted octanol–water partition coefficient (Wildman–Crippen LogP) is -0.425. The molecule has 0 aliphatic carbocycles. The number of carbonyl (C=O) groups excluding carboxylic acids is 1. The summed E-state index contributed by atoms with van der Waals surface area (Å²) in [6.45, 7) is 0.868. The normalized spacial score (nSPS) is 26.8. The van der Waals surface area contributed by atoms with E-state index in [1.165, 1.54) is 0 Å². The Morgan fingerprint density at radius 2 is 2.75 bits per heavy atom. The van der Waals surface area contributed by atoms with Gasteiger partial charge in [0.05, 0.1) is 6.34 Å². The summed E-state index contributed by atoms with van der Waals surface area (Å²) in [7, 11) is 0. The number of hydrogen-bond donors (Lipinski definition) is 1. The Kier molecular flexibility index (Phi) is 1.62. The van der Waals surface area contributed by atoms with Gasteiger partial charge in [-0.25, -0.2) is 0 Å². The molecule has 1 N–H and O–H groups in total. The Labute approximate surface area is 47.8 Å². The summed E-state index contributed by atoms with van der Waals surface area (Å²) in [5.74, 6) is 0. The van der Waals surface area contributed by atoms with E-state index in [-0.39, 0.29) is 6.04 Å². The number of hydrogen-bond acceptors (Lipinski definition) is 3. The van der Waals surface area contributed by atoms with Crippen molar-refractivity contribution in [3.63, 3.8) is 0 Å². The molecular weight excluding hydrogens is 104 g/mol. The van der Waals surface area contributed by atoms with E-state index in [0.29, 0.717) is 0 Å². The maximum absolute atomic E-state index is 10.0. The van der Waals surface area contributed by atoms with Crippen LogP contribution in [-0.2, 0) is 4.79 Å². The van der Waals surface area contributed by atoms with Crippen molar-refractivity contribution in [3.05, 3.63) is 0 Å². The molecule has 1 rings (SSSR count). The van der Waals surface area contributed by atoms with Crippen LogP contribution in [0.25, 0.3) is 0 Å². The van der Waals surface area contributed by atoms with Gasteiger partial charge in [0.15, 0.2) is 0 Å². The Balaban J connectivity index is 2.42. The molecule has 0 aromatic carbocycles. The van der Waals surface area contributed by atoms with Crippen molar-refractivity contribution in [2.45, 2.75) is 12.5 Å².